The second-order valence-corrected chi connectivity index (χ2v) is 8.89. The minimum atomic E-state index is -0.126. The Bertz CT molecular complexity index is 1170. The average Bonchev–Trinajstić information content (AvgIpc) is 3.02. The van der Waals surface area contributed by atoms with Gasteiger partial charge in [-0.2, -0.15) is 0 Å². The van der Waals surface area contributed by atoms with Crippen LogP contribution in [0.2, 0.25) is 0 Å². The van der Waals surface area contributed by atoms with E-state index in [0.717, 1.165) is 28.1 Å². The van der Waals surface area contributed by atoms with Crippen molar-refractivity contribution in [2.45, 2.75) is 13.8 Å². The van der Waals surface area contributed by atoms with Gasteiger partial charge in [-0.3, -0.25) is 9.69 Å². The van der Waals surface area contributed by atoms with E-state index in [1.165, 1.54) is 11.8 Å². The number of aryl methyl sites for hydroxylation is 2. The number of nitrogens with zero attached hydrogens (tertiary/aromatic N) is 2. The third-order valence-corrected chi connectivity index (χ3v) is 6.23. The standard InChI is InChI=1S/C24H19BrN2O2S/c1-15-3-8-18(9-4-15)26-24-27(19-10-5-16(2)6-11-19)23(29)22(30-24)14-17-7-12-21(28)20(25)13-17/h3-14,28H,1-2H3/b22-14-,26-24?. The molecule has 3 aromatic rings. The van der Waals surface area contributed by atoms with Crippen molar-refractivity contribution in [1.29, 1.82) is 0 Å². The zero-order chi connectivity index (χ0) is 21.3. The molecule has 6 heteroatoms. The molecule has 0 atom stereocenters. The highest BCUT2D eigenvalue weighted by atomic mass is 79.9. The highest BCUT2D eigenvalue weighted by Gasteiger charge is 2.34. The molecule has 0 aliphatic carbocycles. The summed E-state index contributed by atoms with van der Waals surface area (Å²) < 4.78 is 0.580. The predicted molar refractivity (Wildman–Crippen MR) is 128 cm³/mol. The molecule has 1 heterocycles. The smallest absolute Gasteiger partial charge is 0.271 e. The first-order valence-electron chi connectivity index (χ1n) is 9.35. The van der Waals surface area contributed by atoms with E-state index in [9.17, 15) is 9.90 Å². The van der Waals surface area contributed by atoms with Crippen molar-refractivity contribution in [2.24, 2.45) is 4.99 Å². The quantitative estimate of drug-likeness (QED) is 0.432. The normalized spacial score (nSPS) is 16.6. The van der Waals surface area contributed by atoms with Crippen LogP contribution in [0.1, 0.15) is 16.7 Å². The van der Waals surface area contributed by atoms with Crippen molar-refractivity contribution in [3.05, 3.63) is 92.8 Å². The minimum absolute atomic E-state index is 0.126. The summed E-state index contributed by atoms with van der Waals surface area (Å²) in [5.74, 6) is 0.0318. The van der Waals surface area contributed by atoms with Gasteiger partial charge in [0.1, 0.15) is 5.75 Å². The minimum Gasteiger partial charge on any atom is -0.507 e. The number of anilines is 1. The molecule has 0 saturated carbocycles. The average molecular weight is 479 g/mol. The van der Waals surface area contributed by atoms with Crippen molar-refractivity contribution >= 4 is 56.2 Å². The zero-order valence-corrected chi connectivity index (χ0v) is 18.9. The molecule has 1 saturated heterocycles. The number of amides is 1. The Hall–Kier alpha value is -2.83. The van der Waals surface area contributed by atoms with Gasteiger partial charge in [-0.15, -0.1) is 0 Å². The van der Waals surface area contributed by atoms with E-state index in [4.69, 9.17) is 4.99 Å². The van der Waals surface area contributed by atoms with Crippen molar-refractivity contribution in [3.8, 4) is 5.75 Å². The molecule has 1 amide bonds. The Morgan fingerprint density at radius 3 is 2.23 bits per heavy atom. The van der Waals surface area contributed by atoms with Gasteiger partial charge >= 0.3 is 0 Å². The predicted octanol–water partition coefficient (Wildman–Crippen LogP) is 6.58. The van der Waals surface area contributed by atoms with E-state index in [2.05, 4.69) is 15.9 Å². The first-order valence-corrected chi connectivity index (χ1v) is 11.0. The number of thioether (sulfide) groups is 1. The molecule has 4 nitrogen and oxygen atoms in total. The van der Waals surface area contributed by atoms with Crippen LogP contribution in [0.15, 0.2) is 81.1 Å². The Labute approximate surface area is 188 Å². The fourth-order valence-electron chi connectivity index (χ4n) is 2.96. The Kier molecular flexibility index (Phi) is 5.79. The molecule has 0 aromatic heterocycles. The number of aliphatic imine (C=N–C) groups is 1. The van der Waals surface area contributed by atoms with Crippen LogP contribution in [0, 0.1) is 13.8 Å². The topological polar surface area (TPSA) is 52.9 Å². The van der Waals surface area contributed by atoms with Crippen molar-refractivity contribution in [2.75, 3.05) is 4.90 Å². The Morgan fingerprint density at radius 1 is 0.967 bits per heavy atom. The van der Waals surface area contributed by atoms with Gasteiger partial charge in [-0.25, -0.2) is 4.99 Å². The molecule has 3 aromatic carbocycles. The fraction of sp³-hybridized carbons (Fsp3) is 0.0833. The highest BCUT2D eigenvalue weighted by molar-refractivity contribution is 9.10. The molecule has 1 aliphatic heterocycles. The molecule has 0 spiro atoms. The number of rotatable bonds is 3. The molecule has 0 bridgehead atoms. The molecule has 0 radical (unpaired) electrons. The first kappa shape index (κ1) is 20.4. The van der Waals surface area contributed by atoms with Gasteiger partial charge in [0.2, 0.25) is 0 Å². The number of hydrogen-bond acceptors (Lipinski definition) is 4. The summed E-state index contributed by atoms with van der Waals surface area (Å²) in [6.07, 6.45) is 1.82. The maximum Gasteiger partial charge on any atom is 0.271 e. The van der Waals surface area contributed by atoms with Crippen molar-refractivity contribution in [3.63, 3.8) is 0 Å². The maximum absolute atomic E-state index is 13.3. The van der Waals surface area contributed by atoms with Gasteiger partial charge in [0.25, 0.3) is 5.91 Å². The largest absolute Gasteiger partial charge is 0.507 e. The molecule has 1 aliphatic rings. The molecule has 1 N–H and O–H groups in total. The van der Waals surface area contributed by atoms with Crippen molar-refractivity contribution in [1.82, 2.24) is 0 Å². The van der Waals surface area contributed by atoms with Crippen LogP contribution in [0.25, 0.3) is 6.08 Å². The molecule has 150 valence electrons. The summed E-state index contributed by atoms with van der Waals surface area (Å²) in [6.45, 7) is 4.04. The van der Waals surface area contributed by atoms with Gasteiger partial charge in [-0.1, -0.05) is 41.5 Å². The second kappa shape index (κ2) is 8.50. The van der Waals surface area contributed by atoms with Crippen LogP contribution in [0.3, 0.4) is 0 Å². The van der Waals surface area contributed by atoms with E-state index >= 15 is 0 Å². The van der Waals surface area contributed by atoms with E-state index in [0.29, 0.717) is 14.5 Å². The zero-order valence-electron chi connectivity index (χ0n) is 16.5. The lowest BCUT2D eigenvalue weighted by Gasteiger charge is -2.16. The van der Waals surface area contributed by atoms with Gasteiger partial charge in [0.05, 0.1) is 20.8 Å². The molecule has 30 heavy (non-hydrogen) atoms. The summed E-state index contributed by atoms with van der Waals surface area (Å²) >= 11 is 4.66. The second-order valence-electron chi connectivity index (χ2n) is 7.03. The lowest BCUT2D eigenvalue weighted by molar-refractivity contribution is -0.113. The van der Waals surface area contributed by atoms with E-state index < -0.39 is 0 Å². The summed E-state index contributed by atoms with van der Waals surface area (Å²) in [4.78, 5) is 20.3. The van der Waals surface area contributed by atoms with Crippen molar-refractivity contribution < 1.29 is 9.90 Å². The molecular formula is C24H19BrN2O2S. The van der Waals surface area contributed by atoms with Gasteiger partial charge in [-0.05, 0) is 89.6 Å². The van der Waals surface area contributed by atoms with E-state index in [1.807, 2.05) is 68.5 Å². The number of carbonyl (C=O) groups excluding carboxylic acids is 1. The van der Waals surface area contributed by atoms with Crippen LogP contribution >= 0.6 is 27.7 Å². The van der Waals surface area contributed by atoms with Crippen LogP contribution in [-0.4, -0.2) is 16.2 Å². The summed E-state index contributed by atoms with van der Waals surface area (Å²) in [5.41, 5.74) is 4.67. The molecular weight excluding hydrogens is 460 g/mol. The number of aromatic hydroxyl groups is 1. The number of benzene rings is 3. The lowest BCUT2D eigenvalue weighted by Crippen LogP contribution is -2.28. The van der Waals surface area contributed by atoms with Crippen LogP contribution in [-0.2, 0) is 4.79 Å². The summed E-state index contributed by atoms with van der Waals surface area (Å²) in [7, 11) is 0. The fourth-order valence-corrected chi connectivity index (χ4v) is 4.36. The number of halogens is 1. The monoisotopic (exact) mass is 478 g/mol. The van der Waals surface area contributed by atoms with E-state index in [-0.39, 0.29) is 11.7 Å². The number of phenolic OH excluding ortho intramolecular Hbond substituents is 1. The van der Waals surface area contributed by atoms with Gasteiger partial charge in [0.15, 0.2) is 5.17 Å². The summed E-state index contributed by atoms with van der Waals surface area (Å²) in [5, 5.41) is 10.3. The molecule has 1 fully saturated rings. The third kappa shape index (κ3) is 4.35. The van der Waals surface area contributed by atoms with Crippen LogP contribution in [0.5, 0.6) is 5.75 Å². The van der Waals surface area contributed by atoms with E-state index in [1.54, 1.807) is 23.1 Å². The Morgan fingerprint density at radius 2 is 1.60 bits per heavy atom. The SMILES string of the molecule is Cc1ccc(N=C2S/C(=C\c3ccc(O)c(Br)c3)C(=O)N2c2ccc(C)cc2)cc1. The number of carbonyl (C=O) groups is 1. The van der Waals surface area contributed by atoms with Crippen LogP contribution < -0.4 is 4.90 Å². The van der Waals surface area contributed by atoms with Gasteiger partial charge < -0.3 is 5.11 Å². The Balaban J connectivity index is 1.77. The number of phenols is 1. The molecule has 4 rings (SSSR count). The first-order chi connectivity index (χ1) is 14.4. The lowest BCUT2D eigenvalue weighted by atomic mass is 10.2. The number of amidine groups is 1. The summed E-state index contributed by atoms with van der Waals surface area (Å²) in [6, 6.07) is 20.9. The third-order valence-electron chi connectivity index (χ3n) is 4.63. The number of hydrogen-bond donors (Lipinski definition) is 1. The molecule has 0 unspecified atom stereocenters. The highest BCUT2D eigenvalue weighted by Crippen LogP contribution is 2.38. The maximum atomic E-state index is 13.3. The van der Waals surface area contributed by atoms with Crippen LogP contribution in [0.4, 0.5) is 11.4 Å². The van der Waals surface area contributed by atoms with Gasteiger partial charge in [0, 0.05) is 0 Å².